The molecule has 0 unspecified atom stereocenters. The van der Waals surface area contributed by atoms with E-state index in [9.17, 15) is 0 Å². The molecule has 2 nitrogen and oxygen atoms in total. The SMILES string of the molecule is CC(C)Cc1ccc(C2(CCCN)COC2)cc1. The second kappa shape index (κ2) is 5.85. The van der Waals surface area contributed by atoms with E-state index in [1.807, 2.05) is 0 Å². The standard InChI is InChI=1S/C16H25NO/c1-13(2)10-14-4-6-15(7-5-14)16(8-3-9-17)11-18-12-16/h4-7,13H,3,8-12,17H2,1-2H3. The van der Waals surface area contributed by atoms with Gasteiger partial charge in [0.05, 0.1) is 13.2 Å². The van der Waals surface area contributed by atoms with Crippen LogP contribution >= 0.6 is 0 Å². The highest BCUT2D eigenvalue weighted by Gasteiger charge is 2.39. The topological polar surface area (TPSA) is 35.2 Å². The van der Waals surface area contributed by atoms with Gasteiger partial charge in [-0.3, -0.25) is 0 Å². The van der Waals surface area contributed by atoms with Gasteiger partial charge in [-0.15, -0.1) is 0 Å². The molecule has 1 aromatic carbocycles. The fraction of sp³-hybridized carbons (Fsp3) is 0.625. The first kappa shape index (κ1) is 13.6. The van der Waals surface area contributed by atoms with Gasteiger partial charge in [0, 0.05) is 5.41 Å². The maximum atomic E-state index is 5.63. The maximum Gasteiger partial charge on any atom is 0.0585 e. The fourth-order valence-corrected chi connectivity index (χ4v) is 2.71. The molecular formula is C16H25NO. The summed E-state index contributed by atoms with van der Waals surface area (Å²) >= 11 is 0. The van der Waals surface area contributed by atoms with Crippen LogP contribution in [0.25, 0.3) is 0 Å². The van der Waals surface area contributed by atoms with Crippen LogP contribution in [0, 0.1) is 5.92 Å². The lowest BCUT2D eigenvalue weighted by Gasteiger charge is -2.42. The minimum atomic E-state index is 0.246. The molecule has 1 aliphatic heterocycles. The van der Waals surface area contributed by atoms with E-state index in [1.54, 1.807) is 0 Å². The Bertz CT molecular complexity index is 365. The molecule has 1 fully saturated rings. The number of ether oxygens (including phenoxy) is 1. The number of benzene rings is 1. The highest BCUT2D eigenvalue weighted by Crippen LogP contribution is 2.36. The van der Waals surface area contributed by atoms with Gasteiger partial charge in [-0.1, -0.05) is 38.1 Å². The Morgan fingerprint density at radius 3 is 2.33 bits per heavy atom. The van der Waals surface area contributed by atoms with E-state index < -0.39 is 0 Å². The van der Waals surface area contributed by atoms with Crippen LogP contribution in [0.2, 0.25) is 0 Å². The Labute approximate surface area is 111 Å². The minimum Gasteiger partial charge on any atom is -0.379 e. The van der Waals surface area contributed by atoms with Gasteiger partial charge in [-0.2, -0.15) is 0 Å². The zero-order chi connectivity index (χ0) is 13.0. The summed E-state index contributed by atoms with van der Waals surface area (Å²) in [6.07, 6.45) is 3.39. The molecular weight excluding hydrogens is 222 g/mol. The lowest BCUT2D eigenvalue weighted by Crippen LogP contribution is -2.47. The number of hydrogen-bond donors (Lipinski definition) is 1. The quantitative estimate of drug-likeness (QED) is 0.839. The van der Waals surface area contributed by atoms with E-state index in [0.29, 0.717) is 5.92 Å². The van der Waals surface area contributed by atoms with E-state index in [-0.39, 0.29) is 5.41 Å². The number of hydrogen-bond acceptors (Lipinski definition) is 2. The van der Waals surface area contributed by atoms with Crippen LogP contribution in [-0.4, -0.2) is 19.8 Å². The Kier molecular flexibility index (Phi) is 4.41. The second-order valence-corrected chi connectivity index (χ2v) is 5.96. The van der Waals surface area contributed by atoms with Crippen molar-refractivity contribution >= 4 is 0 Å². The smallest absolute Gasteiger partial charge is 0.0585 e. The monoisotopic (exact) mass is 247 g/mol. The molecule has 0 aromatic heterocycles. The van der Waals surface area contributed by atoms with E-state index in [2.05, 4.69) is 38.1 Å². The first-order valence-electron chi connectivity index (χ1n) is 7.03. The lowest BCUT2D eigenvalue weighted by atomic mass is 9.75. The molecule has 0 radical (unpaired) electrons. The van der Waals surface area contributed by atoms with Crippen molar-refractivity contribution in [1.29, 1.82) is 0 Å². The predicted molar refractivity (Wildman–Crippen MR) is 75.8 cm³/mol. The van der Waals surface area contributed by atoms with Crippen molar-refractivity contribution in [3.05, 3.63) is 35.4 Å². The Morgan fingerprint density at radius 1 is 1.22 bits per heavy atom. The molecule has 1 heterocycles. The summed E-state index contributed by atoms with van der Waals surface area (Å²) in [7, 11) is 0. The molecule has 0 bridgehead atoms. The summed E-state index contributed by atoms with van der Waals surface area (Å²) in [6.45, 7) is 7.01. The highest BCUT2D eigenvalue weighted by atomic mass is 16.5. The molecule has 0 saturated carbocycles. The second-order valence-electron chi connectivity index (χ2n) is 5.96. The van der Waals surface area contributed by atoms with Crippen molar-refractivity contribution in [1.82, 2.24) is 0 Å². The highest BCUT2D eigenvalue weighted by molar-refractivity contribution is 5.31. The molecule has 18 heavy (non-hydrogen) atoms. The van der Waals surface area contributed by atoms with Crippen LogP contribution in [0.5, 0.6) is 0 Å². The summed E-state index contributed by atoms with van der Waals surface area (Å²) < 4.78 is 5.44. The normalized spacial score (nSPS) is 17.8. The molecule has 0 aliphatic carbocycles. The average molecular weight is 247 g/mol. The molecule has 1 saturated heterocycles. The molecule has 2 N–H and O–H groups in total. The van der Waals surface area contributed by atoms with Crippen molar-refractivity contribution in [3.8, 4) is 0 Å². The predicted octanol–water partition coefficient (Wildman–Crippen LogP) is 2.89. The number of rotatable bonds is 6. The third-order valence-electron chi connectivity index (χ3n) is 3.83. The summed E-state index contributed by atoms with van der Waals surface area (Å²) in [5.41, 5.74) is 8.74. The van der Waals surface area contributed by atoms with Crippen LogP contribution in [0.15, 0.2) is 24.3 Å². The van der Waals surface area contributed by atoms with Gasteiger partial charge in [-0.25, -0.2) is 0 Å². The van der Waals surface area contributed by atoms with Gasteiger partial charge in [0.2, 0.25) is 0 Å². The van der Waals surface area contributed by atoms with E-state index in [1.165, 1.54) is 11.1 Å². The van der Waals surface area contributed by atoms with Crippen molar-refractivity contribution in [2.24, 2.45) is 11.7 Å². The summed E-state index contributed by atoms with van der Waals surface area (Å²) in [6, 6.07) is 9.13. The van der Waals surface area contributed by atoms with Crippen molar-refractivity contribution in [3.63, 3.8) is 0 Å². The van der Waals surface area contributed by atoms with Gasteiger partial charge in [-0.05, 0) is 42.9 Å². The van der Waals surface area contributed by atoms with Crippen LogP contribution < -0.4 is 5.73 Å². The third kappa shape index (κ3) is 2.93. The first-order valence-corrected chi connectivity index (χ1v) is 7.03. The van der Waals surface area contributed by atoms with Gasteiger partial charge >= 0.3 is 0 Å². The Hall–Kier alpha value is -0.860. The zero-order valence-corrected chi connectivity index (χ0v) is 11.6. The molecule has 0 amide bonds. The summed E-state index contributed by atoms with van der Waals surface area (Å²) in [5, 5.41) is 0. The molecule has 0 atom stereocenters. The fourth-order valence-electron chi connectivity index (χ4n) is 2.71. The minimum absolute atomic E-state index is 0.246. The third-order valence-corrected chi connectivity index (χ3v) is 3.83. The van der Waals surface area contributed by atoms with Crippen LogP contribution in [0.4, 0.5) is 0 Å². The Morgan fingerprint density at radius 2 is 1.89 bits per heavy atom. The number of nitrogens with two attached hydrogens (primary N) is 1. The first-order chi connectivity index (χ1) is 8.66. The summed E-state index contributed by atoms with van der Waals surface area (Å²) in [5.74, 6) is 0.717. The van der Waals surface area contributed by atoms with Crippen molar-refractivity contribution in [2.75, 3.05) is 19.8 Å². The van der Waals surface area contributed by atoms with Crippen LogP contribution in [0.3, 0.4) is 0 Å². The average Bonchev–Trinajstić information content (AvgIpc) is 2.29. The molecule has 1 aromatic rings. The molecule has 1 aliphatic rings. The van der Waals surface area contributed by atoms with Crippen molar-refractivity contribution < 1.29 is 4.74 Å². The maximum absolute atomic E-state index is 5.63. The lowest BCUT2D eigenvalue weighted by molar-refractivity contribution is -0.0649. The van der Waals surface area contributed by atoms with Gasteiger partial charge in [0.15, 0.2) is 0 Å². The summed E-state index contributed by atoms with van der Waals surface area (Å²) in [4.78, 5) is 0. The molecule has 2 rings (SSSR count). The van der Waals surface area contributed by atoms with E-state index >= 15 is 0 Å². The molecule has 2 heteroatoms. The van der Waals surface area contributed by atoms with Crippen LogP contribution in [0.1, 0.15) is 37.8 Å². The zero-order valence-electron chi connectivity index (χ0n) is 11.6. The van der Waals surface area contributed by atoms with Gasteiger partial charge in [0.25, 0.3) is 0 Å². The van der Waals surface area contributed by atoms with Crippen LogP contribution in [-0.2, 0) is 16.6 Å². The molecule has 0 spiro atoms. The van der Waals surface area contributed by atoms with E-state index in [0.717, 1.165) is 39.0 Å². The van der Waals surface area contributed by atoms with Gasteiger partial charge < -0.3 is 10.5 Å². The largest absolute Gasteiger partial charge is 0.379 e. The van der Waals surface area contributed by atoms with Crippen molar-refractivity contribution in [2.45, 2.75) is 38.5 Å². The van der Waals surface area contributed by atoms with Gasteiger partial charge in [0.1, 0.15) is 0 Å². The van der Waals surface area contributed by atoms with E-state index in [4.69, 9.17) is 10.5 Å². The Balaban J connectivity index is 2.07. The molecule has 100 valence electrons.